The van der Waals surface area contributed by atoms with Gasteiger partial charge < -0.3 is 0 Å². The molecule has 1 rings (SSSR count). The first-order valence-corrected chi connectivity index (χ1v) is 8.18. The summed E-state index contributed by atoms with van der Waals surface area (Å²) in [5, 5.41) is 5.28. The van der Waals surface area contributed by atoms with Gasteiger partial charge in [-0.1, -0.05) is 45.2 Å². The predicted octanol–water partition coefficient (Wildman–Crippen LogP) is 3.02. The summed E-state index contributed by atoms with van der Waals surface area (Å²) in [7, 11) is -3.61. The van der Waals surface area contributed by atoms with Crippen molar-refractivity contribution in [3.8, 4) is 0 Å². The lowest BCUT2D eigenvalue weighted by Crippen LogP contribution is -2.15. The van der Waals surface area contributed by atoms with Gasteiger partial charge in [-0.3, -0.25) is 0 Å². The molecule has 0 aliphatic rings. The average Bonchev–Trinajstić information content (AvgIpc) is 2.33. The fraction of sp³-hybridized carbons (Fsp3) is 0.571. The highest BCUT2D eigenvalue weighted by atomic mass is 32.2. The van der Waals surface area contributed by atoms with Crippen LogP contribution in [-0.2, 0) is 22.9 Å². The van der Waals surface area contributed by atoms with Crippen LogP contribution in [0.3, 0.4) is 0 Å². The van der Waals surface area contributed by atoms with Crippen molar-refractivity contribution in [3.05, 3.63) is 29.3 Å². The van der Waals surface area contributed by atoms with E-state index < -0.39 is 10.0 Å². The van der Waals surface area contributed by atoms with Gasteiger partial charge >= 0.3 is 0 Å². The number of unbranched alkanes of at least 4 members (excludes halogenated alkanes) is 3. The van der Waals surface area contributed by atoms with Gasteiger partial charge in [0.15, 0.2) is 0 Å². The van der Waals surface area contributed by atoms with Gasteiger partial charge in [-0.2, -0.15) is 0 Å². The van der Waals surface area contributed by atoms with Gasteiger partial charge in [-0.15, -0.1) is 0 Å². The van der Waals surface area contributed by atoms with Crippen molar-refractivity contribution in [3.63, 3.8) is 0 Å². The van der Waals surface area contributed by atoms with Crippen molar-refractivity contribution < 1.29 is 8.42 Å². The Kier molecular flexibility index (Phi) is 5.82. The van der Waals surface area contributed by atoms with Gasteiger partial charge in [0.2, 0.25) is 10.0 Å². The quantitative estimate of drug-likeness (QED) is 0.773. The van der Waals surface area contributed by atoms with Crippen molar-refractivity contribution in [1.82, 2.24) is 0 Å². The first-order chi connectivity index (χ1) is 8.50. The Morgan fingerprint density at radius 3 is 2.39 bits per heavy atom. The van der Waals surface area contributed by atoms with Crippen LogP contribution in [0.15, 0.2) is 23.1 Å². The van der Waals surface area contributed by atoms with E-state index in [9.17, 15) is 8.42 Å². The first-order valence-electron chi connectivity index (χ1n) is 6.64. The first kappa shape index (κ1) is 15.2. The van der Waals surface area contributed by atoms with E-state index in [0.717, 1.165) is 36.8 Å². The molecule has 0 aromatic heterocycles. The van der Waals surface area contributed by atoms with Gasteiger partial charge in [0.25, 0.3) is 0 Å². The molecule has 1 aromatic carbocycles. The van der Waals surface area contributed by atoms with E-state index in [0.29, 0.717) is 4.90 Å². The van der Waals surface area contributed by atoms with Crippen molar-refractivity contribution in [1.29, 1.82) is 0 Å². The zero-order valence-electron chi connectivity index (χ0n) is 11.3. The van der Waals surface area contributed by atoms with Crippen LogP contribution in [0.1, 0.15) is 50.7 Å². The fourth-order valence-electron chi connectivity index (χ4n) is 2.22. The highest BCUT2D eigenvalue weighted by Crippen LogP contribution is 2.22. The molecule has 0 spiro atoms. The molecule has 18 heavy (non-hydrogen) atoms. The summed E-state index contributed by atoms with van der Waals surface area (Å²) in [6.07, 6.45) is 6.17. The van der Waals surface area contributed by atoms with E-state index in [-0.39, 0.29) is 0 Å². The monoisotopic (exact) mass is 269 g/mol. The van der Waals surface area contributed by atoms with Gasteiger partial charge in [0, 0.05) is 0 Å². The SMILES string of the molecule is CCCCCCc1c(CC)cccc1S(N)(=O)=O. The van der Waals surface area contributed by atoms with Crippen LogP contribution in [0.4, 0.5) is 0 Å². The Morgan fingerprint density at radius 2 is 1.83 bits per heavy atom. The highest BCUT2D eigenvalue weighted by molar-refractivity contribution is 7.89. The number of hydrogen-bond donors (Lipinski definition) is 1. The lowest BCUT2D eigenvalue weighted by atomic mass is 9.99. The summed E-state index contributed by atoms with van der Waals surface area (Å²) in [4.78, 5) is 0.304. The van der Waals surface area contributed by atoms with E-state index in [2.05, 4.69) is 6.92 Å². The molecule has 0 aliphatic heterocycles. The van der Waals surface area contributed by atoms with Crippen LogP contribution in [0.2, 0.25) is 0 Å². The molecule has 4 heteroatoms. The molecule has 102 valence electrons. The summed E-state index contributed by atoms with van der Waals surface area (Å²) < 4.78 is 23.2. The number of hydrogen-bond acceptors (Lipinski definition) is 2. The lowest BCUT2D eigenvalue weighted by molar-refractivity contribution is 0.594. The molecular formula is C14H23NO2S. The standard InChI is InChI=1S/C14H23NO2S/c1-3-5-6-7-10-13-12(4-2)9-8-11-14(13)18(15,16)17/h8-9,11H,3-7,10H2,1-2H3,(H2,15,16,17). The Hall–Kier alpha value is -0.870. The molecule has 0 fully saturated rings. The number of aryl methyl sites for hydroxylation is 1. The van der Waals surface area contributed by atoms with E-state index in [1.807, 2.05) is 13.0 Å². The maximum Gasteiger partial charge on any atom is 0.238 e. The largest absolute Gasteiger partial charge is 0.238 e. The lowest BCUT2D eigenvalue weighted by Gasteiger charge is -2.12. The summed E-state index contributed by atoms with van der Waals surface area (Å²) in [6, 6.07) is 5.38. The van der Waals surface area contributed by atoms with Crippen molar-refractivity contribution >= 4 is 10.0 Å². The topological polar surface area (TPSA) is 60.2 Å². The third-order valence-corrected chi connectivity index (χ3v) is 4.19. The average molecular weight is 269 g/mol. The Morgan fingerprint density at radius 1 is 1.11 bits per heavy atom. The maximum absolute atomic E-state index is 11.6. The van der Waals surface area contributed by atoms with E-state index >= 15 is 0 Å². The summed E-state index contributed by atoms with van der Waals surface area (Å²) in [5.41, 5.74) is 2.01. The molecule has 0 saturated heterocycles. The normalized spacial score (nSPS) is 11.7. The smallest absolute Gasteiger partial charge is 0.225 e. The Bertz CT molecular complexity index is 481. The van der Waals surface area contributed by atoms with Crippen LogP contribution in [-0.4, -0.2) is 8.42 Å². The molecular weight excluding hydrogens is 246 g/mol. The van der Waals surface area contributed by atoms with E-state index in [4.69, 9.17) is 5.14 Å². The number of nitrogens with two attached hydrogens (primary N) is 1. The summed E-state index contributed by atoms with van der Waals surface area (Å²) in [5.74, 6) is 0. The molecule has 0 aliphatic carbocycles. The number of rotatable bonds is 7. The van der Waals surface area contributed by atoms with Crippen LogP contribution in [0, 0.1) is 0 Å². The van der Waals surface area contributed by atoms with Crippen molar-refractivity contribution in [2.45, 2.75) is 57.3 Å². The zero-order valence-corrected chi connectivity index (χ0v) is 12.1. The molecule has 0 amide bonds. The molecule has 0 heterocycles. The Balaban J connectivity index is 2.98. The Labute approximate surface area is 110 Å². The third kappa shape index (κ3) is 4.10. The summed E-state index contributed by atoms with van der Waals surface area (Å²) in [6.45, 7) is 4.20. The van der Waals surface area contributed by atoms with Crippen LogP contribution < -0.4 is 5.14 Å². The van der Waals surface area contributed by atoms with E-state index in [1.165, 1.54) is 12.8 Å². The number of benzene rings is 1. The second-order valence-electron chi connectivity index (χ2n) is 4.60. The molecule has 2 N–H and O–H groups in total. The van der Waals surface area contributed by atoms with Gasteiger partial charge in [0.1, 0.15) is 0 Å². The van der Waals surface area contributed by atoms with Crippen LogP contribution >= 0.6 is 0 Å². The second-order valence-corrected chi connectivity index (χ2v) is 6.13. The molecule has 0 bridgehead atoms. The molecule has 1 aromatic rings. The maximum atomic E-state index is 11.6. The van der Waals surface area contributed by atoms with Gasteiger partial charge in [-0.25, -0.2) is 13.6 Å². The molecule has 0 saturated carbocycles. The minimum atomic E-state index is -3.61. The predicted molar refractivity (Wildman–Crippen MR) is 75.0 cm³/mol. The minimum absolute atomic E-state index is 0.304. The summed E-state index contributed by atoms with van der Waals surface area (Å²) >= 11 is 0. The van der Waals surface area contributed by atoms with Gasteiger partial charge in [0.05, 0.1) is 4.90 Å². The van der Waals surface area contributed by atoms with Crippen molar-refractivity contribution in [2.75, 3.05) is 0 Å². The highest BCUT2D eigenvalue weighted by Gasteiger charge is 2.15. The fourth-order valence-corrected chi connectivity index (χ4v) is 3.07. The van der Waals surface area contributed by atoms with E-state index in [1.54, 1.807) is 12.1 Å². The van der Waals surface area contributed by atoms with Gasteiger partial charge in [-0.05, 0) is 36.5 Å². The van der Waals surface area contributed by atoms with Crippen LogP contribution in [0.5, 0.6) is 0 Å². The number of sulfonamides is 1. The second kappa shape index (κ2) is 6.90. The molecule has 3 nitrogen and oxygen atoms in total. The molecule has 0 radical (unpaired) electrons. The van der Waals surface area contributed by atoms with Crippen molar-refractivity contribution in [2.24, 2.45) is 5.14 Å². The zero-order chi connectivity index (χ0) is 13.6. The minimum Gasteiger partial charge on any atom is -0.225 e. The third-order valence-electron chi connectivity index (χ3n) is 3.20. The number of primary sulfonamides is 1. The molecule has 0 atom stereocenters. The molecule has 0 unspecified atom stereocenters. The van der Waals surface area contributed by atoms with Crippen LogP contribution in [0.25, 0.3) is 0 Å².